The molecular formula is C17H32N4. The van der Waals surface area contributed by atoms with E-state index in [1.54, 1.807) is 0 Å². The lowest BCUT2D eigenvalue weighted by atomic mass is 9.93. The summed E-state index contributed by atoms with van der Waals surface area (Å²) in [5.74, 6) is 0.565. The lowest BCUT2D eigenvalue weighted by molar-refractivity contribution is 0.0510. The van der Waals surface area contributed by atoms with Crippen molar-refractivity contribution in [2.45, 2.75) is 58.0 Å². The molecule has 2 rings (SSSR count). The molecule has 1 aliphatic heterocycles. The first-order valence-corrected chi connectivity index (χ1v) is 8.55. The monoisotopic (exact) mass is 292 g/mol. The molecule has 1 heterocycles. The Morgan fingerprint density at radius 3 is 2.19 bits per heavy atom. The Bertz CT molecular complexity index is 369. The average molecular weight is 292 g/mol. The second kappa shape index (κ2) is 6.64. The Balaban J connectivity index is 1.92. The average Bonchev–Trinajstić information content (AvgIpc) is 3.28. The fourth-order valence-corrected chi connectivity index (χ4v) is 3.35. The van der Waals surface area contributed by atoms with E-state index in [1.807, 2.05) is 0 Å². The minimum absolute atomic E-state index is 0.259. The van der Waals surface area contributed by atoms with Gasteiger partial charge in [-0.1, -0.05) is 6.92 Å². The molecule has 0 radical (unpaired) electrons. The fourth-order valence-electron chi connectivity index (χ4n) is 3.35. The highest BCUT2D eigenvalue weighted by atomic mass is 15.3. The summed E-state index contributed by atoms with van der Waals surface area (Å²) in [5, 5.41) is 13.3. The Kier molecular flexibility index (Phi) is 5.29. The maximum Gasteiger partial charge on any atom is 0.122 e. The Morgan fingerprint density at radius 1 is 1.14 bits per heavy atom. The molecule has 2 fully saturated rings. The van der Waals surface area contributed by atoms with Crippen molar-refractivity contribution in [3.05, 3.63) is 0 Å². The highest BCUT2D eigenvalue weighted by molar-refractivity contribution is 5.17. The Hall–Kier alpha value is -0.630. The highest BCUT2D eigenvalue weighted by Gasteiger charge is 2.46. The van der Waals surface area contributed by atoms with Gasteiger partial charge < -0.3 is 0 Å². The number of nitrogens with one attached hydrogen (secondary N) is 1. The van der Waals surface area contributed by atoms with Crippen molar-refractivity contribution in [3.63, 3.8) is 0 Å². The molecule has 21 heavy (non-hydrogen) atoms. The first kappa shape index (κ1) is 16.7. The Labute approximate surface area is 130 Å². The third-order valence-corrected chi connectivity index (χ3v) is 4.96. The maximum atomic E-state index is 9.78. The van der Waals surface area contributed by atoms with Crippen LogP contribution in [0.5, 0.6) is 0 Å². The summed E-state index contributed by atoms with van der Waals surface area (Å²) in [5.41, 5.74) is -0.0464. The van der Waals surface area contributed by atoms with Crippen LogP contribution in [0.2, 0.25) is 0 Å². The molecule has 0 aromatic carbocycles. The van der Waals surface area contributed by atoms with E-state index < -0.39 is 0 Å². The van der Waals surface area contributed by atoms with Gasteiger partial charge in [-0.05, 0) is 52.5 Å². The quantitative estimate of drug-likeness (QED) is 0.814. The van der Waals surface area contributed by atoms with Crippen LogP contribution in [0, 0.1) is 17.2 Å². The van der Waals surface area contributed by atoms with Gasteiger partial charge in [0.2, 0.25) is 0 Å². The van der Waals surface area contributed by atoms with Crippen LogP contribution in [0.15, 0.2) is 0 Å². The SMILES string of the molecule is CCCNC(C#N)(CN1CCN(C(C)(C)C)CC1)C1CC1. The van der Waals surface area contributed by atoms with E-state index in [0.717, 1.165) is 45.7 Å². The van der Waals surface area contributed by atoms with Gasteiger partial charge in [-0.15, -0.1) is 0 Å². The molecule has 0 bridgehead atoms. The molecule has 4 nitrogen and oxygen atoms in total. The molecule has 0 spiro atoms. The molecule has 1 atom stereocenters. The largest absolute Gasteiger partial charge is 0.298 e. The second-order valence-electron chi connectivity index (χ2n) is 7.72. The molecule has 1 aliphatic carbocycles. The standard InChI is InChI=1S/C17H32N4/c1-5-8-19-17(13-18,15-6-7-15)14-20-9-11-21(12-10-20)16(2,3)4/h15,19H,5-12,14H2,1-4H3. The summed E-state index contributed by atoms with van der Waals surface area (Å²) in [4.78, 5) is 5.04. The number of nitrogens with zero attached hydrogens (tertiary/aromatic N) is 3. The normalized spacial score (nSPS) is 24.5. The molecule has 4 heteroatoms. The van der Waals surface area contributed by atoms with Crippen LogP contribution in [0.25, 0.3) is 0 Å². The van der Waals surface area contributed by atoms with Crippen LogP contribution in [0.4, 0.5) is 0 Å². The fraction of sp³-hybridized carbons (Fsp3) is 0.941. The van der Waals surface area contributed by atoms with E-state index in [-0.39, 0.29) is 11.1 Å². The molecule has 1 saturated heterocycles. The summed E-state index contributed by atoms with van der Waals surface area (Å²) >= 11 is 0. The van der Waals surface area contributed by atoms with Gasteiger partial charge in [0, 0.05) is 38.3 Å². The minimum Gasteiger partial charge on any atom is -0.298 e. The maximum absolute atomic E-state index is 9.78. The molecule has 0 amide bonds. The lowest BCUT2D eigenvalue weighted by Gasteiger charge is -2.44. The number of hydrogen-bond donors (Lipinski definition) is 1. The van der Waals surface area contributed by atoms with Gasteiger partial charge in [0.15, 0.2) is 0 Å². The molecule has 2 aliphatic rings. The summed E-state index contributed by atoms with van der Waals surface area (Å²) in [7, 11) is 0. The van der Waals surface area contributed by atoms with Crippen molar-refractivity contribution in [3.8, 4) is 6.07 Å². The van der Waals surface area contributed by atoms with Gasteiger partial charge in [0.1, 0.15) is 5.54 Å². The van der Waals surface area contributed by atoms with E-state index in [2.05, 4.69) is 48.9 Å². The van der Waals surface area contributed by atoms with Gasteiger partial charge in [0.05, 0.1) is 6.07 Å². The molecule has 1 saturated carbocycles. The van der Waals surface area contributed by atoms with E-state index >= 15 is 0 Å². The number of rotatable bonds is 6. The Morgan fingerprint density at radius 2 is 1.76 bits per heavy atom. The molecule has 120 valence electrons. The topological polar surface area (TPSA) is 42.3 Å². The molecule has 0 aromatic heterocycles. The van der Waals surface area contributed by atoms with Gasteiger partial charge in [-0.3, -0.25) is 15.1 Å². The zero-order valence-electron chi connectivity index (χ0n) is 14.3. The third kappa shape index (κ3) is 4.18. The number of hydrogen-bond acceptors (Lipinski definition) is 4. The molecular weight excluding hydrogens is 260 g/mol. The van der Waals surface area contributed by atoms with Crippen LogP contribution in [0.3, 0.4) is 0 Å². The zero-order valence-corrected chi connectivity index (χ0v) is 14.3. The first-order chi connectivity index (χ1) is 9.91. The van der Waals surface area contributed by atoms with Crippen molar-refractivity contribution < 1.29 is 0 Å². The van der Waals surface area contributed by atoms with Crippen molar-refractivity contribution in [2.75, 3.05) is 39.3 Å². The van der Waals surface area contributed by atoms with Crippen LogP contribution >= 0.6 is 0 Å². The smallest absolute Gasteiger partial charge is 0.122 e. The molecule has 1 unspecified atom stereocenters. The summed E-state index contributed by atoms with van der Waals surface area (Å²) in [6.45, 7) is 15.3. The summed E-state index contributed by atoms with van der Waals surface area (Å²) in [6, 6.07) is 2.63. The van der Waals surface area contributed by atoms with Crippen LogP contribution in [-0.2, 0) is 0 Å². The lowest BCUT2D eigenvalue weighted by Crippen LogP contribution is -2.60. The summed E-state index contributed by atoms with van der Waals surface area (Å²) < 4.78 is 0. The van der Waals surface area contributed by atoms with Crippen LogP contribution in [-0.4, -0.2) is 60.1 Å². The predicted octanol–water partition coefficient (Wildman–Crippen LogP) is 2.07. The van der Waals surface area contributed by atoms with Crippen LogP contribution in [0.1, 0.15) is 47.0 Å². The molecule has 0 aromatic rings. The first-order valence-electron chi connectivity index (χ1n) is 8.55. The predicted molar refractivity (Wildman–Crippen MR) is 87.1 cm³/mol. The second-order valence-corrected chi connectivity index (χ2v) is 7.72. The van der Waals surface area contributed by atoms with Gasteiger partial charge in [-0.25, -0.2) is 0 Å². The number of piperazine rings is 1. The minimum atomic E-state index is -0.306. The highest BCUT2D eigenvalue weighted by Crippen LogP contribution is 2.40. The van der Waals surface area contributed by atoms with Gasteiger partial charge in [0.25, 0.3) is 0 Å². The van der Waals surface area contributed by atoms with E-state index in [9.17, 15) is 5.26 Å². The third-order valence-electron chi connectivity index (χ3n) is 4.96. The van der Waals surface area contributed by atoms with Gasteiger partial charge >= 0.3 is 0 Å². The zero-order chi connectivity index (χ0) is 15.5. The van der Waals surface area contributed by atoms with Crippen molar-refractivity contribution in [1.29, 1.82) is 5.26 Å². The van der Waals surface area contributed by atoms with Crippen molar-refractivity contribution in [2.24, 2.45) is 5.92 Å². The van der Waals surface area contributed by atoms with Gasteiger partial charge in [-0.2, -0.15) is 5.26 Å². The van der Waals surface area contributed by atoms with E-state index in [0.29, 0.717) is 5.92 Å². The number of nitriles is 1. The molecule has 1 N–H and O–H groups in total. The van der Waals surface area contributed by atoms with Crippen molar-refractivity contribution in [1.82, 2.24) is 15.1 Å². The summed E-state index contributed by atoms with van der Waals surface area (Å²) in [6.07, 6.45) is 3.52. The van der Waals surface area contributed by atoms with E-state index in [4.69, 9.17) is 0 Å². The van der Waals surface area contributed by atoms with Crippen molar-refractivity contribution >= 4 is 0 Å². The van der Waals surface area contributed by atoms with E-state index in [1.165, 1.54) is 12.8 Å². The van der Waals surface area contributed by atoms with Crippen LogP contribution < -0.4 is 5.32 Å².